The molecular formula is C15H21NO3. The van der Waals surface area contributed by atoms with Gasteiger partial charge < -0.3 is 14.7 Å². The van der Waals surface area contributed by atoms with Gasteiger partial charge in [0.1, 0.15) is 5.75 Å². The van der Waals surface area contributed by atoms with Crippen LogP contribution >= 0.6 is 0 Å². The fraction of sp³-hybridized carbons (Fsp3) is 0.533. The molecule has 1 fully saturated rings. The first kappa shape index (κ1) is 13.9. The van der Waals surface area contributed by atoms with Gasteiger partial charge in [0.2, 0.25) is 0 Å². The normalized spacial score (nSPS) is 16.5. The molecule has 0 aromatic heterocycles. The van der Waals surface area contributed by atoms with Crippen molar-refractivity contribution >= 4 is 5.91 Å². The predicted molar refractivity (Wildman–Crippen MR) is 73.1 cm³/mol. The summed E-state index contributed by atoms with van der Waals surface area (Å²) < 4.78 is 5.57. The number of nitrogens with zero attached hydrogens (tertiary/aromatic N) is 1. The SMILES string of the molecule is Cc1cc(C(C)O)ccc1OCC(=O)N1CCCC1. The van der Waals surface area contributed by atoms with E-state index in [-0.39, 0.29) is 12.5 Å². The van der Waals surface area contributed by atoms with E-state index in [1.807, 2.05) is 30.0 Å². The number of aliphatic hydroxyl groups excluding tert-OH is 1. The second-order valence-electron chi connectivity index (χ2n) is 5.08. The molecule has 0 saturated carbocycles. The molecule has 1 aromatic carbocycles. The van der Waals surface area contributed by atoms with Crippen molar-refractivity contribution in [2.75, 3.05) is 19.7 Å². The summed E-state index contributed by atoms with van der Waals surface area (Å²) in [6, 6.07) is 5.53. The zero-order chi connectivity index (χ0) is 13.8. The zero-order valence-corrected chi connectivity index (χ0v) is 11.6. The van der Waals surface area contributed by atoms with E-state index in [1.165, 1.54) is 0 Å². The van der Waals surface area contributed by atoms with Crippen LogP contribution in [-0.4, -0.2) is 35.6 Å². The lowest BCUT2D eigenvalue weighted by Crippen LogP contribution is -2.32. The molecule has 1 unspecified atom stereocenters. The number of benzene rings is 1. The molecule has 0 bridgehead atoms. The Bertz CT molecular complexity index is 451. The van der Waals surface area contributed by atoms with Crippen molar-refractivity contribution in [3.63, 3.8) is 0 Å². The van der Waals surface area contributed by atoms with Crippen molar-refractivity contribution in [3.05, 3.63) is 29.3 Å². The maximum absolute atomic E-state index is 11.9. The van der Waals surface area contributed by atoms with E-state index in [4.69, 9.17) is 4.74 Å². The Morgan fingerprint density at radius 2 is 2.11 bits per heavy atom. The van der Waals surface area contributed by atoms with Crippen LogP contribution in [0.5, 0.6) is 5.75 Å². The van der Waals surface area contributed by atoms with E-state index in [9.17, 15) is 9.90 Å². The largest absolute Gasteiger partial charge is 0.484 e. The van der Waals surface area contributed by atoms with Gasteiger partial charge >= 0.3 is 0 Å². The van der Waals surface area contributed by atoms with Crippen molar-refractivity contribution in [2.45, 2.75) is 32.8 Å². The van der Waals surface area contributed by atoms with Gasteiger partial charge in [-0.1, -0.05) is 6.07 Å². The van der Waals surface area contributed by atoms with Crippen LogP contribution in [0.2, 0.25) is 0 Å². The Kier molecular flexibility index (Phi) is 4.43. The van der Waals surface area contributed by atoms with E-state index in [2.05, 4.69) is 0 Å². The quantitative estimate of drug-likeness (QED) is 0.904. The van der Waals surface area contributed by atoms with Crippen molar-refractivity contribution < 1.29 is 14.6 Å². The average Bonchev–Trinajstić information content (AvgIpc) is 2.90. The average molecular weight is 263 g/mol. The number of carbonyl (C=O) groups is 1. The van der Waals surface area contributed by atoms with Gasteiger partial charge in [-0.05, 0) is 49.9 Å². The molecule has 1 saturated heterocycles. The first-order valence-electron chi connectivity index (χ1n) is 6.77. The standard InChI is InChI=1S/C15H21NO3/c1-11-9-13(12(2)17)5-6-14(11)19-10-15(18)16-7-3-4-8-16/h5-6,9,12,17H,3-4,7-8,10H2,1-2H3. The number of hydrogen-bond acceptors (Lipinski definition) is 3. The van der Waals surface area contributed by atoms with Crippen molar-refractivity contribution in [1.82, 2.24) is 4.90 Å². The molecule has 1 aromatic rings. The topological polar surface area (TPSA) is 49.8 Å². The molecule has 2 rings (SSSR count). The second kappa shape index (κ2) is 6.06. The van der Waals surface area contributed by atoms with Crippen LogP contribution in [0.25, 0.3) is 0 Å². The number of ether oxygens (including phenoxy) is 1. The van der Waals surface area contributed by atoms with Crippen LogP contribution < -0.4 is 4.74 Å². The smallest absolute Gasteiger partial charge is 0.260 e. The molecule has 1 N–H and O–H groups in total. The molecule has 4 nitrogen and oxygen atoms in total. The summed E-state index contributed by atoms with van der Waals surface area (Å²) in [6.45, 7) is 5.44. The van der Waals surface area contributed by atoms with Crippen molar-refractivity contribution in [1.29, 1.82) is 0 Å². The maximum atomic E-state index is 11.9. The minimum absolute atomic E-state index is 0.0523. The van der Waals surface area contributed by atoms with Crippen LogP contribution in [0.4, 0.5) is 0 Å². The molecule has 1 heterocycles. The highest BCUT2D eigenvalue weighted by Gasteiger charge is 2.18. The van der Waals surface area contributed by atoms with E-state index < -0.39 is 6.10 Å². The van der Waals surface area contributed by atoms with Gasteiger partial charge in [-0.2, -0.15) is 0 Å². The van der Waals surface area contributed by atoms with E-state index in [1.54, 1.807) is 6.92 Å². The number of hydrogen-bond donors (Lipinski definition) is 1. The van der Waals surface area contributed by atoms with Gasteiger partial charge in [0.25, 0.3) is 5.91 Å². The maximum Gasteiger partial charge on any atom is 0.260 e. The molecule has 0 aliphatic carbocycles. The summed E-state index contributed by atoms with van der Waals surface area (Å²) >= 11 is 0. The van der Waals surface area contributed by atoms with E-state index in [0.29, 0.717) is 5.75 Å². The van der Waals surface area contributed by atoms with Gasteiger partial charge in [0.05, 0.1) is 6.10 Å². The highest BCUT2D eigenvalue weighted by atomic mass is 16.5. The van der Waals surface area contributed by atoms with Crippen LogP contribution in [0.3, 0.4) is 0 Å². The zero-order valence-electron chi connectivity index (χ0n) is 11.6. The minimum Gasteiger partial charge on any atom is -0.484 e. The Hall–Kier alpha value is -1.55. The highest BCUT2D eigenvalue weighted by Crippen LogP contribution is 2.22. The summed E-state index contributed by atoms with van der Waals surface area (Å²) in [5, 5.41) is 9.50. The number of amides is 1. The molecule has 0 spiro atoms. The highest BCUT2D eigenvalue weighted by molar-refractivity contribution is 5.78. The number of carbonyl (C=O) groups excluding carboxylic acids is 1. The van der Waals surface area contributed by atoms with Crippen LogP contribution in [-0.2, 0) is 4.79 Å². The lowest BCUT2D eigenvalue weighted by atomic mass is 10.1. The Balaban J connectivity index is 1.94. The van der Waals surface area contributed by atoms with Crippen molar-refractivity contribution in [2.24, 2.45) is 0 Å². The fourth-order valence-corrected chi connectivity index (χ4v) is 2.29. The molecule has 1 amide bonds. The molecule has 19 heavy (non-hydrogen) atoms. The van der Waals surface area contributed by atoms with Crippen LogP contribution in [0.1, 0.15) is 37.0 Å². The molecule has 1 aliphatic rings. The molecule has 4 heteroatoms. The third-order valence-electron chi connectivity index (χ3n) is 3.49. The Morgan fingerprint density at radius 1 is 1.42 bits per heavy atom. The number of rotatable bonds is 4. The molecular weight excluding hydrogens is 242 g/mol. The van der Waals surface area contributed by atoms with Gasteiger partial charge in [-0.25, -0.2) is 0 Å². The third-order valence-corrected chi connectivity index (χ3v) is 3.49. The van der Waals surface area contributed by atoms with E-state index >= 15 is 0 Å². The number of aryl methyl sites for hydroxylation is 1. The summed E-state index contributed by atoms with van der Waals surface area (Å²) in [5.74, 6) is 0.758. The van der Waals surface area contributed by atoms with Crippen LogP contribution in [0.15, 0.2) is 18.2 Å². The summed E-state index contributed by atoms with van der Waals surface area (Å²) in [7, 11) is 0. The molecule has 104 valence electrons. The predicted octanol–water partition coefficient (Wildman–Crippen LogP) is 2.05. The lowest BCUT2D eigenvalue weighted by molar-refractivity contribution is -0.132. The molecule has 1 aliphatic heterocycles. The number of aliphatic hydroxyl groups is 1. The summed E-state index contributed by atoms with van der Waals surface area (Å²) in [6.07, 6.45) is 1.70. The Labute approximate surface area is 114 Å². The van der Waals surface area contributed by atoms with E-state index in [0.717, 1.165) is 37.1 Å². The van der Waals surface area contributed by atoms with Gasteiger partial charge in [-0.15, -0.1) is 0 Å². The van der Waals surface area contributed by atoms with Crippen LogP contribution in [0, 0.1) is 6.92 Å². The summed E-state index contributed by atoms with van der Waals surface area (Å²) in [5.41, 5.74) is 1.79. The Morgan fingerprint density at radius 3 is 2.68 bits per heavy atom. The summed E-state index contributed by atoms with van der Waals surface area (Å²) in [4.78, 5) is 13.7. The third kappa shape index (κ3) is 3.47. The lowest BCUT2D eigenvalue weighted by Gasteiger charge is -2.16. The first-order valence-corrected chi connectivity index (χ1v) is 6.77. The fourth-order valence-electron chi connectivity index (χ4n) is 2.29. The molecule has 1 atom stereocenters. The first-order chi connectivity index (χ1) is 9.08. The second-order valence-corrected chi connectivity index (χ2v) is 5.08. The number of likely N-dealkylation sites (tertiary alicyclic amines) is 1. The minimum atomic E-state index is -0.487. The van der Waals surface area contributed by atoms with Gasteiger partial charge in [0, 0.05) is 13.1 Å². The van der Waals surface area contributed by atoms with Crippen molar-refractivity contribution in [3.8, 4) is 5.75 Å². The monoisotopic (exact) mass is 263 g/mol. The van der Waals surface area contributed by atoms with Gasteiger partial charge in [0.15, 0.2) is 6.61 Å². The molecule has 0 radical (unpaired) electrons. The van der Waals surface area contributed by atoms with Gasteiger partial charge in [-0.3, -0.25) is 4.79 Å².